The fraction of sp³-hybridized carbons (Fsp3) is 0.333. The van der Waals surface area contributed by atoms with E-state index in [0.717, 1.165) is 38.0 Å². The lowest BCUT2D eigenvalue weighted by molar-refractivity contribution is -0.120. The van der Waals surface area contributed by atoms with Crippen LogP contribution in [0.4, 0.5) is 11.4 Å². The number of anilines is 2. The number of para-hydroxylation sites is 1. The molecular weight excluding hydrogens is 362 g/mol. The quantitative estimate of drug-likeness (QED) is 0.852. The molecule has 5 nitrogen and oxygen atoms in total. The van der Waals surface area contributed by atoms with Crippen molar-refractivity contribution in [2.24, 2.45) is 5.92 Å². The van der Waals surface area contributed by atoms with Crippen molar-refractivity contribution >= 4 is 35.6 Å². The zero-order valence-electron chi connectivity index (χ0n) is 15.1. The second-order valence-corrected chi connectivity index (χ2v) is 6.93. The fourth-order valence-corrected chi connectivity index (χ4v) is 3.76. The molecule has 2 aromatic carbocycles. The predicted molar refractivity (Wildman–Crippen MR) is 110 cm³/mol. The first-order valence-corrected chi connectivity index (χ1v) is 9.24. The number of hydrogen-bond donors (Lipinski definition) is 2. The third kappa shape index (κ3) is 4.15. The molecule has 2 amide bonds. The van der Waals surface area contributed by atoms with Gasteiger partial charge in [0.15, 0.2) is 0 Å². The van der Waals surface area contributed by atoms with Gasteiger partial charge in [-0.25, -0.2) is 0 Å². The van der Waals surface area contributed by atoms with Crippen molar-refractivity contribution in [3.8, 4) is 0 Å². The number of fused-ring (bicyclic) bond motifs is 1. The minimum absolute atomic E-state index is 0. The Morgan fingerprint density at radius 2 is 1.81 bits per heavy atom. The van der Waals surface area contributed by atoms with Crippen molar-refractivity contribution in [2.75, 3.05) is 29.9 Å². The Morgan fingerprint density at radius 1 is 1.04 bits per heavy atom. The Kier molecular flexibility index (Phi) is 6.14. The summed E-state index contributed by atoms with van der Waals surface area (Å²) in [5.41, 5.74) is 3.48. The number of nitrogens with one attached hydrogen (secondary N) is 2. The first-order valence-electron chi connectivity index (χ1n) is 9.24. The average molecular weight is 386 g/mol. The van der Waals surface area contributed by atoms with E-state index in [1.54, 1.807) is 6.07 Å². The summed E-state index contributed by atoms with van der Waals surface area (Å²) in [6, 6.07) is 15.3. The number of carbonyl (C=O) groups excluding carboxylic acids is 2. The van der Waals surface area contributed by atoms with Crippen LogP contribution < -0.4 is 15.5 Å². The average Bonchev–Trinajstić information content (AvgIpc) is 3.12. The van der Waals surface area contributed by atoms with Crippen LogP contribution in [0.3, 0.4) is 0 Å². The molecule has 142 valence electrons. The minimum Gasteiger partial charge on any atom is -0.326 e. The Hall–Kier alpha value is -2.37. The van der Waals surface area contributed by atoms with E-state index in [1.165, 1.54) is 5.56 Å². The van der Waals surface area contributed by atoms with Gasteiger partial charge in [-0.2, -0.15) is 0 Å². The summed E-state index contributed by atoms with van der Waals surface area (Å²) < 4.78 is 0. The molecule has 0 atom stereocenters. The van der Waals surface area contributed by atoms with E-state index in [0.29, 0.717) is 17.8 Å². The number of piperidine rings is 1. The molecular formula is C21H24ClN3O2. The molecule has 27 heavy (non-hydrogen) atoms. The van der Waals surface area contributed by atoms with Gasteiger partial charge < -0.3 is 15.5 Å². The molecule has 0 spiro atoms. The van der Waals surface area contributed by atoms with E-state index in [4.69, 9.17) is 0 Å². The van der Waals surface area contributed by atoms with Gasteiger partial charge in [0.2, 0.25) is 5.91 Å². The van der Waals surface area contributed by atoms with Gasteiger partial charge in [0, 0.05) is 29.4 Å². The molecule has 2 N–H and O–H groups in total. The molecule has 1 saturated heterocycles. The first kappa shape index (κ1) is 19.4. The van der Waals surface area contributed by atoms with Crippen molar-refractivity contribution in [3.05, 3.63) is 59.7 Å². The molecule has 0 unspecified atom stereocenters. The first-order chi connectivity index (χ1) is 12.7. The van der Waals surface area contributed by atoms with Crippen LogP contribution in [0.15, 0.2) is 48.5 Å². The van der Waals surface area contributed by atoms with Crippen LogP contribution in [0.5, 0.6) is 0 Å². The second-order valence-electron chi connectivity index (χ2n) is 6.93. The number of nitrogens with zero attached hydrogens (tertiary/aromatic N) is 1. The van der Waals surface area contributed by atoms with Crippen molar-refractivity contribution in [1.29, 1.82) is 0 Å². The van der Waals surface area contributed by atoms with Crippen LogP contribution in [0, 0.1) is 5.92 Å². The summed E-state index contributed by atoms with van der Waals surface area (Å²) in [5, 5.41) is 6.25. The maximum Gasteiger partial charge on any atom is 0.258 e. The van der Waals surface area contributed by atoms with Crippen LogP contribution in [0.25, 0.3) is 0 Å². The van der Waals surface area contributed by atoms with Crippen molar-refractivity contribution in [2.45, 2.75) is 19.3 Å². The standard InChI is InChI=1S/C21H23N3O2.ClH/c25-20(16-8-11-22-12-9-16)23-18-6-3-5-17(14-18)21(26)24-13-10-15-4-1-2-7-19(15)24;/h1-7,14,16,22H,8-13H2,(H,23,25);1H. The van der Waals surface area contributed by atoms with E-state index < -0.39 is 0 Å². The highest BCUT2D eigenvalue weighted by Gasteiger charge is 2.25. The van der Waals surface area contributed by atoms with E-state index in [1.807, 2.05) is 41.3 Å². The maximum atomic E-state index is 13.0. The SMILES string of the molecule is Cl.O=C(Nc1cccc(C(=O)N2CCc3ccccc32)c1)C1CCNCC1. The molecule has 2 aliphatic rings. The molecule has 2 heterocycles. The molecule has 0 radical (unpaired) electrons. The number of halogens is 1. The summed E-state index contributed by atoms with van der Waals surface area (Å²) >= 11 is 0. The molecule has 1 fully saturated rings. The van der Waals surface area contributed by atoms with Gasteiger partial charge in [-0.05, 0) is 62.2 Å². The monoisotopic (exact) mass is 385 g/mol. The second kappa shape index (κ2) is 8.55. The number of carbonyl (C=O) groups is 2. The van der Waals surface area contributed by atoms with E-state index in [9.17, 15) is 9.59 Å². The fourth-order valence-electron chi connectivity index (χ4n) is 3.76. The highest BCUT2D eigenvalue weighted by molar-refractivity contribution is 6.08. The van der Waals surface area contributed by atoms with Crippen molar-refractivity contribution in [1.82, 2.24) is 5.32 Å². The van der Waals surface area contributed by atoms with E-state index >= 15 is 0 Å². The summed E-state index contributed by atoms with van der Waals surface area (Å²) in [6.45, 7) is 2.46. The van der Waals surface area contributed by atoms with Gasteiger partial charge >= 0.3 is 0 Å². The van der Waals surface area contributed by atoms with Crippen LogP contribution in [-0.2, 0) is 11.2 Å². The number of hydrogen-bond acceptors (Lipinski definition) is 3. The number of rotatable bonds is 3. The van der Waals surface area contributed by atoms with E-state index in [-0.39, 0.29) is 30.1 Å². The summed E-state index contributed by atoms with van der Waals surface area (Å²) in [6.07, 6.45) is 2.60. The lowest BCUT2D eigenvalue weighted by atomic mass is 9.97. The predicted octanol–water partition coefficient (Wildman–Crippen LogP) is 3.25. The molecule has 4 rings (SSSR count). The highest BCUT2D eigenvalue weighted by atomic mass is 35.5. The van der Waals surface area contributed by atoms with Gasteiger partial charge in [0.25, 0.3) is 5.91 Å². The van der Waals surface area contributed by atoms with Crippen molar-refractivity contribution < 1.29 is 9.59 Å². The third-order valence-corrected chi connectivity index (χ3v) is 5.22. The van der Waals surface area contributed by atoms with Crippen molar-refractivity contribution in [3.63, 3.8) is 0 Å². The smallest absolute Gasteiger partial charge is 0.258 e. The third-order valence-electron chi connectivity index (χ3n) is 5.22. The molecule has 0 saturated carbocycles. The summed E-state index contributed by atoms with van der Waals surface area (Å²) in [7, 11) is 0. The normalized spacial score (nSPS) is 16.4. The zero-order chi connectivity index (χ0) is 17.9. The Bertz CT molecular complexity index is 834. The van der Waals surface area contributed by atoms with Gasteiger partial charge in [-0.15, -0.1) is 12.4 Å². The summed E-state index contributed by atoms with van der Waals surface area (Å²) in [5.74, 6) is 0.0663. The molecule has 0 aromatic heterocycles. The highest BCUT2D eigenvalue weighted by Crippen LogP contribution is 2.29. The Morgan fingerprint density at radius 3 is 2.63 bits per heavy atom. The molecule has 0 aliphatic carbocycles. The summed E-state index contributed by atoms with van der Waals surface area (Å²) in [4.78, 5) is 27.2. The van der Waals surface area contributed by atoms with Gasteiger partial charge in [-0.3, -0.25) is 9.59 Å². The molecule has 2 aromatic rings. The van der Waals surface area contributed by atoms with E-state index in [2.05, 4.69) is 16.7 Å². The zero-order valence-corrected chi connectivity index (χ0v) is 15.9. The lowest BCUT2D eigenvalue weighted by Gasteiger charge is -2.22. The molecule has 2 aliphatic heterocycles. The van der Waals surface area contributed by atoms with Crippen LogP contribution in [-0.4, -0.2) is 31.4 Å². The lowest BCUT2D eigenvalue weighted by Crippen LogP contribution is -2.34. The number of benzene rings is 2. The van der Waals surface area contributed by atoms with Gasteiger partial charge in [0.05, 0.1) is 0 Å². The molecule has 0 bridgehead atoms. The van der Waals surface area contributed by atoms with Crippen LogP contribution in [0.2, 0.25) is 0 Å². The molecule has 6 heteroatoms. The Labute approximate surface area is 165 Å². The largest absolute Gasteiger partial charge is 0.326 e. The van der Waals surface area contributed by atoms with Crippen LogP contribution >= 0.6 is 12.4 Å². The van der Waals surface area contributed by atoms with Crippen LogP contribution in [0.1, 0.15) is 28.8 Å². The number of amides is 2. The topological polar surface area (TPSA) is 61.4 Å². The van der Waals surface area contributed by atoms with Gasteiger partial charge in [-0.1, -0.05) is 24.3 Å². The van der Waals surface area contributed by atoms with Gasteiger partial charge in [0.1, 0.15) is 0 Å². The maximum absolute atomic E-state index is 13.0. The Balaban J connectivity index is 0.00000210. The minimum atomic E-state index is -0.0204.